The number of nitrogens with one attached hydrogen (secondary N) is 2. The third-order valence-electron chi connectivity index (χ3n) is 2.71. The molecule has 1 atom stereocenters. The maximum absolute atomic E-state index is 12.2. The lowest BCUT2D eigenvalue weighted by Crippen LogP contribution is -2.45. The number of nitrogen functional groups attached to an aromatic ring is 1. The molecule has 0 fully saturated rings. The van der Waals surface area contributed by atoms with Crippen molar-refractivity contribution >= 4 is 40.9 Å². The van der Waals surface area contributed by atoms with Gasteiger partial charge in [0.15, 0.2) is 5.82 Å². The molecule has 1 unspecified atom stereocenters. The lowest BCUT2D eigenvalue weighted by molar-refractivity contribution is -0.143. The predicted molar refractivity (Wildman–Crippen MR) is 81.1 cm³/mol. The van der Waals surface area contributed by atoms with Gasteiger partial charge in [-0.15, -0.1) is 0 Å². The second-order valence-electron chi connectivity index (χ2n) is 4.31. The Morgan fingerprint density at radius 1 is 1.41 bits per heavy atom. The van der Waals surface area contributed by atoms with Crippen molar-refractivity contribution in [2.24, 2.45) is 0 Å². The fraction of sp³-hybridized carbons (Fsp3) is 0.385. The highest BCUT2D eigenvalue weighted by Gasteiger charge is 2.24. The summed E-state index contributed by atoms with van der Waals surface area (Å²) in [4.78, 5) is 38.9. The normalized spacial score (nSPS) is 11.4. The van der Waals surface area contributed by atoms with E-state index in [9.17, 15) is 14.4 Å². The summed E-state index contributed by atoms with van der Waals surface area (Å²) in [5, 5.41) is 5.01. The Morgan fingerprint density at radius 2 is 2.09 bits per heavy atom. The van der Waals surface area contributed by atoms with Gasteiger partial charge in [0.25, 0.3) is 0 Å². The second kappa shape index (κ2) is 8.18. The molecule has 1 rings (SSSR count). The first-order chi connectivity index (χ1) is 10.4. The van der Waals surface area contributed by atoms with Crippen LogP contribution in [0.1, 0.15) is 19.8 Å². The van der Waals surface area contributed by atoms with E-state index >= 15 is 0 Å². The standard InChI is InChI=1S/C13H17ClN4O4/c1-3-10(19)16-8(6-11(20)22-2)13(21)18-12-7(15)4-5-9(14)17-12/h4-5,8H,3,6,15H2,1-2H3,(H,16,19)(H,17,18,21). The fourth-order valence-corrected chi connectivity index (χ4v) is 1.65. The van der Waals surface area contributed by atoms with Gasteiger partial charge < -0.3 is 21.1 Å². The number of anilines is 2. The summed E-state index contributed by atoms with van der Waals surface area (Å²) in [5.74, 6) is -1.61. The molecule has 9 heteroatoms. The quantitative estimate of drug-likeness (QED) is 0.522. The fourth-order valence-electron chi connectivity index (χ4n) is 1.51. The zero-order valence-electron chi connectivity index (χ0n) is 12.2. The van der Waals surface area contributed by atoms with Crippen molar-refractivity contribution in [2.75, 3.05) is 18.2 Å². The van der Waals surface area contributed by atoms with E-state index in [0.717, 1.165) is 0 Å². The average molecular weight is 329 g/mol. The molecule has 8 nitrogen and oxygen atoms in total. The molecule has 0 aliphatic heterocycles. The van der Waals surface area contributed by atoms with Gasteiger partial charge in [-0.05, 0) is 12.1 Å². The SMILES string of the molecule is CCC(=O)NC(CC(=O)OC)C(=O)Nc1nc(Cl)ccc1N. The van der Waals surface area contributed by atoms with E-state index in [-0.39, 0.29) is 35.4 Å². The molecule has 0 saturated carbocycles. The molecule has 4 N–H and O–H groups in total. The molecule has 0 aromatic carbocycles. The first kappa shape index (κ1) is 17.7. The number of amides is 2. The summed E-state index contributed by atoms with van der Waals surface area (Å²) < 4.78 is 4.51. The summed E-state index contributed by atoms with van der Waals surface area (Å²) in [6.45, 7) is 1.62. The van der Waals surface area contributed by atoms with Gasteiger partial charge >= 0.3 is 5.97 Å². The van der Waals surface area contributed by atoms with Crippen molar-refractivity contribution in [1.29, 1.82) is 0 Å². The molecular weight excluding hydrogens is 312 g/mol. The van der Waals surface area contributed by atoms with Crippen LogP contribution < -0.4 is 16.4 Å². The minimum absolute atomic E-state index is 0.0538. The summed E-state index contributed by atoms with van der Waals surface area (Å²) in [6, 6.07) is 1.85. The van der Waals surface area contributed by atoms with Crippen molar-refractivity contribution in [3.05, 3.63) is 17.3 Å². The number of carbonyl (C=O) groups is 3. The van der Waals surface area contributed by atoms with Crippen molar-refractivity contribution in [2.45, 2.75) is 25.8 Å². The molecule has 2 amide bonds. The van der Waals surface area contributed by atoms with Gasteiger partial charge in [0, 0.05) is 6.42 Å². The first-order valence-electron chi connectivity index (χ1n) is 6.46. The molecule has 120 valence electrons. The summed E-state index contributed by atoms with van der Waals surface area (Å²) in [5.41, 5.74) is 5.88. The topological polar surface area (TPSA) is 123 Å². The number of esters is 1. The highest BCUT2D eigenvalue weighted by molar-refractivity contribution is 6.29. The number of hydrogen-bond acceptors (Lipinski definition) is 6. The maximum atomic E-state index is 12.2. The van der Waals surface area contributed by atoms with Crippen LogP contribution in [0.15, 0.2) is 12.1 Å². The molecule has 0 aliphatic rings. The van der Waals surface area contributed by atoms with Crippen molar-refractivity contribution in [1.82, 2.24) is 10.3 Å². The zero-order chi connectivity index (χ0) is 16.7. The summed E-state index contributed by atoms with van der Waals surface area (Å²) in [7, 11) is 1.19. The Labute approximate surface area is 132 Å². The molecule has 22 heavy (non-hydrogen) atoms. The van der Waals surface area contributed by atoms with Crippen molar-refractivity contribution in [3.63, 3.8) is 0 Å². The van der Waals surface area contributed by atoms with E-state index < -0.39 is 17.9 Å². The summed E-state index contributed by atoms with van der Waals surface area (Å²) in [6.07, 6.45) is -0.142. The minimum atomic E-state index is -1.10. The Bertz CT molecular complexity index is 561. The molecule has 0 spiro atoms. The zero-order valence-corrected chi connectivity index (χ0v) is 12.9. The molecule has 0 bridgehead atoms. The molecule has 1 aromatic heterocycles. The van der Waals surface area contributed by atoms with Gasteiger partial charge in [-0.2, -0.15) is 0 Å². The number of hydrogen-bond donors (Lipinski definition) is 3. The number of methoxy groups -OCH3 is 1. The number of halogens is 1. The monoisotopic (exact) mass is 328 g/mol. The molecule has 1 aromatic rings. The second-order valence-corrected chi connectivity index (χ2v) is 4.70. The lowest BCUT2D eigenvalue weighted by Gasteiger charge is -2.17. The lowest BCUT2D eigenvalue weighted by atomic mass is 10.2. The average Bonchev–Trinajstić information content (AvgIpc) is 2.49. The van der Waals surface area contributed by atoms with Gasteiger partial charge in [0.1, 0.15) is 11.2 Å². The molecule has 0 radical (unpaired) electrons. The van der Waals surface area contributed by atoms with Gasteiger partial charge in [-0.1, -0.05) is 18.5 Å². The van der Waals surface area contributed by atoms with Gasteiger partial charge in [-0.25, -0.2) is 4.98 Å². The molecular formula is C13H17ClN4O4. The van der Waals surface area contributed by atoms with E-state index in [2.05, 4.69) is 20.4 Å². The number of aromatic nitrogens is 1. The van der Waals surface area contributed by atoms with Crippen LogP contribution in [0.2, 0.25) is 5.15 Å². The van der Waals surface area contributed by atoms with Gasteiger partial charge in [0.05, 0.1) is 19.2 Å². The van der Waals surface area contributed by atoms with E-state index in [4.69, 9.17) is 17.3 Å². The molecule has 0 saturated heterocycles. The van der Waals surface area contributed by atoms with Gasteiger partial charge in [-0.3, -0.25) is 14.4 Å². The van der Waals surface area contributed by atoms with E-state index in [1.54, 1.807) is 6.92 Å². The van der Waals surface area contributed by atoms with Crippen LogP contribution in [0.4, 0.5) is 11.5 Å². The Hall–Kier alpha value is -2.35. The van der Waals surface area contributed by atoms with Crippen molar-refractivity contribution < 1.29 is 19.1 Å². The third-order valence-corrected chi connectivity index (χ3v) is 2.92. The van der Waals surface area contributed by atoms with Crippen LogP contribution in [0.5, 0.6) is 0 Å². The van der Waals surface area contributed by atoms with E-state index in [1.807, 2.05) is 0 Å². The Balaban J connectivity index is 2.88. The Morgan fingerprint density at radius 3 is 2.68 bits per heavy atom. The van der Waals surface area contributed by atoms with E-state index in [0.29, 0.717) is 0 Å². The van der Waals surface area contributed by atoms with Crippen LogP contribution in [0, 0.1) is 0 Å². The van der Waals surface area contributed by atoms with Crippen LogP contribution in [0.25, 0.3) is 0 Å². The number of nitrogens with two attached hydrogens (primary N) is 1. The highest BCUT2D eigenvalue weighted by atomic mass is 35.5. The summed E-state index contributed by atoms with van der Waals surface area (Å²) >= 11 is 5.73. The highest BCUT2D eigenvalue weighted by Crippen LogP contribution is 2.18. The van der Waals surface area contributed by atoms with Crippen LogP contribution in [-0.2, 0) is 19.1 Å². The molecule has 0 aliphatic carbocycles. The maximum Gasteiger partial charge on any atom is 0.308 e. The van der Waals surface area contributed by atoms with Crippen LogP contribution in [-0.4, -0.2) is 35.9 Å². The predicted octanol–water partition coefficient (Wildman–Crippen LogP) is 0.714. The number of pyridine rings is 1. The third kappa shape index (κ3) is 5.21. The minimum Gasteiger partial charge on any atom is -0.469 e. The first-order valence-corrected chi connectivity index (χ1v) is 6.84. The van der Waals surface area contributed by atoms with Crippen molar-refractivity contribution in [3.8, 4) is 0 Å². The number of rotatable bonds is 6. The largest absolute Gasteiger partial charge is 0.469 e. The van der Waals surface area contributed by atoms with Gasteiger partial charge in [0.2, 0.25) is 11.8 Å². The Kier molecular flexibility index (Phi) is 6.58. The number of nitrogens with zero attached hydrogens (tertiary/aromatic N) is 1. The van der Waals surface area contributed by atoms with E-state index in [1.165, 1.54) is 19.2 Å². The van der Waals surface area contributed by atoms with Crippen LogP contribution in [0.3, 0.4) is 0 Å². The number of ether oxygens (including phenoxy) is 1. The molecule has 1 heterocycles. The smallest absolute Gasteiger partial charge is 0.308 e. The number of carbonyl (C=O) groups excluding carboxylic acids is 3. The van der Waals surface area contributed by atoms with Crippen LogP contribution >= 0.6 is 11.6 Å².